The van der Waals surface area contributed by atoms with Crippen molar-refractivity contribution in [2.45, 2.75) is 34.2 Å². The van der Waals surface area contributed by atoms with Crippen LogP contribution in [0.5, 0.6) is 0 Å². The highest BCUT2D eigenvalue weighted by Crippen LogP contribution is 2.35. The molecular weight excluding hydrogens is 368 g/mol. The van der Waals surface area contributed by atoms with Gasteiger partial charge in [0.05, 0.1) is 14.7 Å². The summed E-state index contributed by atoms with van der Waals surface area (Å²) < 4.78 is 28.2. The van der Waals surface area contributed by atoms with Gasteiger partial charge in [-0.2, -0.15) is 4.31 Å². The second-order valence-corrected chi connectivity index (χ2v) is 8.49. The number of aryl methyl sites for hydroxylation is 1. The van der Waals surface area contributed by atoms with Crippen LogP contribution in [-0.4, -0.2) is 50.9 Å². The summed E-state index contributed by atoms with van der Waals surface area (Å²) >= 11 is 1.01. The number of sulfonamides is 1. The second-order valence-electron chi connectivity index (χ2n) is 5.54. The Morgan fingerprint density at radius 2 is 1.96 bits per heavy atom. The molecule has 1 aliphatic rings. The predicted molar refractivity (Wildman–Crippen MR) is 88.6 cm³/mol. The largest absolute Gasteiger partial charge is 0.284 e. The number of nitrogens with zero attached hydrogens (tertiary/aromatic N) is 6. The van der Waals surface area contributed by atoms with Crippen molar-refractivity contribution in [3.63, 3.8) is 0 Å². The van der Waals surface area contributed by atoms with Crippen LogP contribution in [0, 0.1) is 10.1 Å². The molecule has 0 unspecified atom stereocenters. The fourth-order valence-electron chi connectivity index (χ4n) is 2.55. The molecule has 0 aliphatic carbocycles. The maximum absolute atomic E-state index is 12.7. The Labute approximate surface area is 148 Å². The summed E-state index contributed by atoms with van der Waals surface area (Å²) in [5, 5.41) is 22.7. The van der Waals surface area contributed by atoms with Gasteiger partial charge < -0.3 is 0 Å². The van der Waals surface area contributed by atoms with E-state index < -0.39 is 14.9 Å². The van der Waals surface area contributed by atoms with Gasteiger partial charge in [0.1, 0.15) is 0 Å². The van der Waals surface area contributed by atoms with Crippen LogP contribution in [0.3, 0.4) is 0 Å². The van der Waals surface area contributed by atoms with Crippen LogP contribution in [0.1, 0.15) is 19.3 Å². The van der Waals surface area contributed by atoms with Gasteiger partial charge >= 0.3 is 0 Å². The molecule has 25 heavy (non-hydrogen) atoms. The molecular formula is C13H16N6O4S2. The molecule has 1 saturated heterocycles. The fraction of sp³-hybridized carbons (Fsp3) is 0.462. The third-order valence-corrected chi connectivity index (χ3v) is 6.85. The van der Waals surface area contributed by atoms with Crippen LogP contribution in [0.4, 0.5) is 5.69 Å². The summed E-state index contributed by atoms with van der Waals surface area (Å²) in [5.41, 5.74) is -0.286. The predicted octanol–water partition coefficient (Wildman–Crippen LogP) is 1.44. The zero-order valence-electron chi connectivity index (χ0n) is 13.4. The summed E-state index contributed by atoms with van der Waals surface area (Å²) in [5.74, 6) is 0. The minimum absolute atomic E-state index is 0.0680. The quantitative estimate of drug-likeness (QED) is 0.560. The SMILES string of the molecule is Cn1nnnc1Sc1ccc(S(=O)(=O)N2CCCCC2)cc1[N+](=O)[O-]. The summed E-state index contributed by atoms with van der Waals surface area (Å²) in [6, 6.07) is 3.92. The van der Waals surface area contributed by atoms with Crippen molar-refractivity contribution in [2.75, 3.05) is 13.1 Å². The molecule has 0 radical (unpaired) electrons. The molecule has 1 aromatic heterocycles. The first-order chi connectivity index (χ1) is 11.9. The van der Waals surface area contributed by atoms with E-state index in [1.165, 1.54) is 21.1 Å². The second kappa shape index (κ2) is 7.06. The van der Waals surface area contributed by atoms with Crippen molar-refractivity contribution in [1.29, 1.82) is 0 Å². The fourth-order valence-corrected chi connectivity index (χ4v) is 4.90. The van der Waals surface area contributed by atoms with Crippen LogP contribution in [0.2, 0.25) is 0 Å². The maximum atomic E-state index is 12.7. The monoisotopic (exact) mass is 384 g/mol. The van der Waals surface area contributed by atoms with Crippen LogP contribution in [0.15, 0.2) is 33.1 Å². The molecule has 3 rings (SSSR count). The first kappa shape index (κ1) is 17.8. The number of benzene rings is 1. The average Bonchev–Trinajstić information content (AvgIpc) is 3.00. The van der Waals surface area contributed by atoms with E-state index in [1.54, 1.807) is 7.05 Å². The van der Waals surface area contributed by atoms with Gasteiger partial charge in [0.2, 0.25) is 15.2 Å². The molecule has 134 valence electrons. The summed E-state index contributed by atoms with van der Waals surface area (Å²) in [6.45, 7) is 0.883. The molecule has 12 heteroatoms. The van der Waals surface area contributed by atoms with E-state index in [4.69, 9.17) is 0 Å². The minimum atomic E-state index is -3.73. The molecule has 0 N–H and O–H groups in total. The minimum Gasteiger partial charge on any atom is -0.258 e. The molecule has 1 aliphatic heterocycles. The topological polar surface area (TPSA) is 124 Å². The zero-order chi connectivity index (χ0) is 18.0. The Bertz CT molecular complexity index is 892. The molecule has 1 aromatic carbocycles. The average molecular weight is 384 g/mol. The van der Waals surface area contributed by atoms with E-state index in [0.29, 0.717) is 18.2 Å². The van der Waals surface area contributed by atoms with E-state index in [1.807, 2.05) is 0 Å². The number of nitro benzene ring substituents is 1. The molecule has 2 aromatic rings. The van der Waals surface area contributed by atoms with E-state index in [9.17, 15) is 18.5 Å². The number of hydrogen-bond acceptors (Lipinski definition) is 8. The lowest BCUT2D eigenvalue weighted by Gasteiger charge is -2.25. The molecule has 0 spiro atoms. The Morgan fingerprint density at radius 1 is 1.24 bits per heavy atom. The van der Waals surface area contributed by atoms with Gasteiger partial charge in [-0.1, -0.05) is 6.42 Å². The van der Waals surface area contributed by atoms with Crippen molar-refractivity contribution in [1.82, 2.24) is 24.5 Å². The maximum Gasteiger partial charge on any atom is 0.284 e. The number of rotatable bonds is 5. The molecule has 0 saturated carbocycles. The molecule has 0 amide bonds. The Balaban J connectivity index is 1.96. The first-order valence-corrected chi connectivity index (χ1v) is 9.84. The van der Waals surface area contributed by atoms with Gasteiger partial charge in [-0.3, -0.25) is 10.1 Å². The normalized spacial score (nSPS) is 16.0. The number of nitro groups is 1. The Morgan fingerprint density at radius 3 is 2.56 bits per heavy atom. The van der Waals surface area contributed by atoms with E-state index >= 15 is 0 Å². The Hall–Kier alpha value is -2.05. The van der Waals surface area contributed by atoms with Gasteiger partial charge in [0.25, 0.3) is 5.69 Å². The third-order valence-electron chi connectivity index (χ3n) is 3.86. The van der Waals surface area contributed by atoms with Crippen molar-refractivity contribution in [2.24, 2.45) is 7.05 Å². The van der Waals surface area contributed by atoms with Crippen LogP contribution >= 0.6 is 11.8 Å². The lowest BCUT2D eigenvalue weighted by molar-refractivity contribution is -0.388. The number of aromatic nitrogens is 4. The van der Waals surface area contributed by atoms with Crippen molar-refractivity contribution >= 4 is 27.5 Å². The molecule has 2 heterocycles. The summed E-state index contributed by atoms with van der Waals surface area (Å²) in [4.78, 5) is 11.0. The van der Waals surface area contributed by atoms with Gasteiger partial charge in [-0.15, -0.1) is 5.10 Å². The van der Waals surface area contributed by atoms with Crippen molar-refractivity contribution in [3.05, 3.63) is 28.3 Å². The highest BCUT2D eigenvalue weighted by atomic mass is 32.2. The first-order valence-electron chi connectivity index (χ1n) is 7.58. The van der Waals surface area contributed by atoms with Gasteiger partial charge in [-0.05, 0) is 47.2 Å². The highest BCUT2D eigenvalue weighted by Gasteiger charge is 2.29. The smallest absolute Gasteiger partial charge is 0.258 e. The van der Waals surface area contributed by atoms with Gasteiger partial charge in [0, 0.05) is 26.2 Å². The number of hydrogen-bond donors (Lipinski definition) is 0. The van der Waals surface area contributed by atoms with Crippen LogP contribution in [-0.2, 0) is 17.1 Å². The Kier molecular flexibility index (Phi) is 5.01. The zero-order valence-corrected chi connectivity index (χ0v) is 15.0. The number of piperidine rings is 1. The van der Waals surface area contributed by atoms with E-state index in [2.05, 4.69) is 15.5 Å². The van der Waals surface area contributed by atoms with Crippen LogP contribution < -0.4 is 0 Å². The summed E-state index contributed by atoms with van der Waals surface area (Å²) in [6.07, 6.45) is 2.59. The molecule has 1 fully saturated rings. The number of tetrazole rings is 1. The molecule has 10 nitrogen and oxygen atoms in total. The van der Waals surface area contributed by atoms with Crippen molar-refractivity contribution in [3.8, 4) is 0 Å². The van der Waals surface area contributed by atoms with Crippen molar-refractivity contribution < 1.29 is 13.3 Å². The summed E-state index contributed by atoms with van der Waals surface area (Å²) in [7, 11) is -2.12. The van der Waals surface area contributed by atoms with E-state index in [0.717, 1.165) is 37.1 Å². The molecule has 0 bridgehead atoms. The van der Waals surface area contributed by atoms with Crippen LogP contribution in [0.25, 0.3) is 0 Å². The lowest BCUT2D eigenvalue weighted by Crippen LogP contribution is -2.35. The standard InChI is InChI=1S/C13H16N6O4S2/c1-17-13(14-15-16-17)24-12-6-5-10(9-11(12)19(20)21)25(22,23)18-7-3-2-4-8-18/h5-6,9H,2-4,7-8H2,1H3. The van der Waals surface area contributed by atoms with Gasteiger partial charge in [0.15, 0.2) is 0 Å². The van der Waals surface area contributed by atoms with E-state index in [-0.39, 0.29) is 15.5 Å². The molecule has 0 atom stereocenters. The third kappa shape index (κ3) is 3.65. The lowest BCUT2D eigenvalue weighted by atomic mass is 10.2. The van der Waals surface area contributed by atoms with Gasteiger partial charge in [-0.25, -0.2) is 13.1 Å². The highest BCUT2D eigenvalue weighted by molar-refractivity contribution is 7.99.